The van der Waals surface area contributed by atoms with E-state index in [4.69, 9.17) is 16.3 Å². The Morgan fingerprint density at radius 1 is 1.39 bits per heavy atom. The molecule has 0 aliphatic heterocycles. The maximum atomic E-state index is 6.12. The van der Waals surface area contributed by atoms with Crippen molar-refractivity contribution >= 4 is 17.3 Å². The molecule has 2 aromatic rings. The van der Waals surface area contributed by atoms with Gasteiger partial charge >= 0.3 is 0 Å². The number of halogens is 1. The van der Waals surface area contributed by atoms with Gasteiger partial charge in [-0.15, -0.1) is 0 Å². The third-order valence-electron chi connectivity index (χ3n) is 2.63. The number of aromatic nitrogens is 2. The molecule has 0 saturated heterocycles. The number of hydrogen-bond donors (Lipinski definition) is 1. The zero-order valence-electron chi connectivity index (χ0n) is 10.5. The second-order valence-electron chi connectivity index (χ2n) is 3.88. The van der Waals surface area contributed by atoms with E-state index < -0.39 is 0 Å². The highest BCUT2D eigenvalue weighted by Crippen LogP contribution is 2.27. The Morgan fingerprint density at radius 2 is 2.22 bits per heavy atom. The lowest BCUT2D eigenvalue weighted by atomic mass is 10.3. The molecular formula is C13H16ClN3O. The zero-order valence-corrected chi connectivity index (χ0v) is 11.2. The summed E-state index contributed by atoms with van der Waals surface area (Å²) in [7, 11) is 1.92. The molecule has 0 unspecified atom stereocenters. The molecule has 1 aromatic carbocycles. The highest BCUT2D eigenvalue weighted by Gasteiger charge is 2.03. The van der Waals surface area contributed by atoms with Crippen molar-refractivity contribution in [3.05, 3.63) is 41.2 Å². The molecule has 0 radical (unpaired) electrons. The average Bonchev–Trinajstić information content (AvgIpc) is 2.76. The van der Waals surface area contributed by atoms with Crippen LogP contribution in [-0.4, -0.2) is 16.4 Å². The molecule has 0 fully saturated rings. The summed E-state index contributed by atoms with van der Waals surface area (Å²) < 4.78 is 7.22. The lowest BCUT2D eigenvalue weighted by Crippen LogP contribution is -2.05. The second kappa shape index (κ2) is 5.78. The van der Waals surface area contributed by atoms with Crippen LogP contribution in [0.25, 0.3) is 0 Å². The third kappa shape index (κ3) is 2.96. The molecule has 1 aromatic heterocycles. The van der Waals surface area contributed by atoms with Crippen LogP contribution in [0.15, 0.2) is 30.5 Å². The van der Waals surface area contributed by atoms with Crippen molar-refractivity contribution in [2.24, 2.45) is 7.05 Å². The molecule has 1 N–H and O–H groups in total. The van der Waals surface area contributed by atoms with Crippen molar-refractivity contribution in [1.29, 1.82) is 0 Å². The summed E-state index contributed by atoms with van der Waals surface area (Å²) in [6, 6.07) is 7.66. The first kappa shape index (κ1) is 12.8. The Bertz CT molecular complexity index is 525. The van der Waals surface area contributed by atoms with Crippen LogP contribution in [0.2, 0.25) is 5.02 Å². The molecule has 0 saturated carbocycles. The largest absolute Gasteiger partial charge is 0.492 e. The van der Waals surface area contributed by atoms with Crippen molar-refractivity contribution in [1.82, 2.24) is 9.78 Å². The minimum atomic E-state index is 0.613. The molecular weight excluding hydrogens is 250 g/mol. The van der Waals surface area contributed by atoms with Crippen molar-refractivity contribution in [3.8, 4) is 5.75 Å². The second-order valence-corrected chi connectivity index (χ2v) is 4.29. The fraction of sp³-hybridized carbons (Fsp3) is 0.308. The van der Waals surface area contributed by atoms with Crippen LogP contribution < -0.4 is 10.1 Å². The van der Waals surface area contributed by atoms with E-state index in [1.54, 1.807) is 6.20 Å². The van der Waals surface area contributed by atoms with Gasteiger partial charge in [-0.3, -0.25) is 4.68 Å². The SMILES string of the molecule is CCOc1ccc(NCc2ccnn2C)cc1Cl. The zero-order chi connectivity index (χ0) is 13.0. The first-order valence-corrected chi connectivity index (χ1v) is 6.21. The molecule has 0 spiro atoms. The lowest BCUT2D eigenvalue weighted by Gasteiger charge is -2.10. The monoisotopic (exact) mass is 265 g/mol. The minimum absolute atomic E-state index is 0.613. The summed E-state index contributed by atoms with van der Waals surface area (Å²) >= 11 is 6.12. The van der Waals surface area contributed by atoms with Gasteiger partial charge in [0, 0.05) is 18.9 Å². The first-order valence-electron chi connectivity index (χ1n) is 5.84. The van der Waals surface area contributed by atoms with Gasteiger partial charge in [-0.2, -0.15) is 5.10 Å². The van der Waals surface area contributed by atoms with Gasteiger partial charge in [-0.1, -0.05) is 11.6 Å². The number of ether oxygens (including phenoxy) is 1. The summed E-state index contributed by atoms with van der Waals surface area (Å²) in [4.78, 5) is 0. The maximum Gasteiger partial charge on any atom is 0.138 e. The van der Waals surface area contributed by atoms with E-state index in [1.165, 1.54) is 0 Å². The highest BCUT2D eigenvalue weighted by molar-refractivity contribution is 6.32. The summed E-state index contributed by atoms with van der Waals surface area (Å²) in [6.07, 6.45) is 1.78. The van der Waals surface area contributed by atoms with Gasteiger partial charge < -0.3 is 10.1 Å². The number of anilines is 1. The molecule has 5 heteroatoms. The average molecular weight is 266 g/mol. The van der Waals surface area contributed by atoms with Gasteiger partial charge in [0.05, 0.1) is 23.9 Å². The third-order valence-corrected chi connectivity index (χ3v) is 2.92. The molecule has 0 atom stereocenters. The maximum absolute atomic E-state index is 6.12. The summed E-state index contributed by atoms with van der Waals surface area (Å²) in [5, 5.41) is 8.03. The number of aryl methyl sites for hydroxylation is 1. The Labute approximate surface area is 112 Å². The van der Waals surface area contributed by atoms with Crippen molar-refractivity contribution in [3.63, 3.8) is 0 Å². The molecule has 1 heterocycles. The number of benzene rings is 1. The summed E-state index contributed by atoms with van der Waals surface area (Å²) in [5.41, 5.74) is 2.07. The summed E-state index contributed by atoms with van der Waals surface area (Å²) in [6.45, 7) is 3.26. The predicted molar refractivity (Wildman–Crippen MR) is 73.2 cm³/mol. The van der Waals surface area contributed by atoms with Crippen LogP contribution in [-0.2, 0) is 13.6 Å². The van der Waals surface area contributed by atoms with Crippen LogP contribution in [0.4, 0.5) is 5.69 Å². The molecule has 96 valence electrons. The van der Waals surface area contributed by atoms with Crippen molar-refractivity contribution in [2.45, 2.75) is 13.5 Å². The fourth-order valence-electron chi connectivity index (χ4n) is 1.65. The van der Waals surface area contributed by atoms with E-state index in [0.29, 0.717) is 23.9 Å². The quantitative estimate of drug-likeness (QED) is 0.903. The number of rotatable bonds is 5. The molecule has 2 rings (SSSR count). The van der Waals surface area contributed by atoms with E-state index in [1.807, 2.05) is 42.9 Å². The lowest BCUT2D eigenvalue weighted by molar-refractivity contribution is 0.340. The minimum Gasteiger partial charge on any atom is -0.492 e. The highest BCUT2D eigenvalue weighted by atomic mass is 35.5. The van der Waals surface area contributed by atoms with Gasteiger partial charge in [-0.25, -0.2) is 0 Å². The molecule has 0 amide bonds. The van der Waals surface area contributed by atoms with Crippen LogP contribution in [0.5, 0.6) is 5.75 Å². The molecule has 0 aliphatic rings. The van der Waals surface area contributed by atoms with Gasteiger partial charge in [0.15, 0.2) is 0 Å². The Morgan fingerprint density at radius 3 is 2.83 bits per heavy atom. The van der Waals surface area contributed by atoms with Crippen LogP contribution in [0.1, 0.15) is 12.6 Å². The van der Waals surface area contributed by atoms with E-state index in [-0.39, 0.29) is 0 Å². The molecule has 4 nitrogen and oxygen atoms in total. The van der Waals surface area contributed by atoms with Crippen LogP contribution in [0, 0.1) is 0 Å². The van der Waals surface area contributed by atoms with E-state index >= 15 is 0 Å². The first-order chi connectivity index (χ1) is 8.70. The van der Waals surface area contributed by atoms with E-state index in [2.05, 4.69) is 10.4 Å². The molecule has 0 bridgehead atoms. The number of hydrogen-bond acceptors (Lipinski definition) is 3. The standard InChI is InChI=1S/C13H16ClN3O/c1-3-18-13-5-4-10(8-12(13)14)15-9-11-6-7-16-17(11)2/h4-8,15H,3,9H2,1-2H3. The molecule has 18 heavy (non-hydrogen) atoms. The van der Waals surface area contributed by atoms with Crippen molar-refractivity contribution in [2.75, 3.05) is 11.9 Å². The van der Waals surface area contributed by atoms with E-state index in [9.17, 15) is 0 Å². The van der Waals surface area contributed by atoms with Crippen molar-refractivity contribution < 1.29 is 4.74 Å². The van der Waals surface area contributed by atoms with Gasteiger partial charge in [0.25, 0.3) is 0 Å². The Hall–Kier alpha value is -1.68. The van der Waals surface area contributed by atoms with Gasteiger partial charge in [-0.05, 0) is 31.2 Å². The number of nitrogens with one attached hydrogen (secondary N) is 1. The Balaban J connectivity index is 2.02. The van der Waals surface area contributed by atoms with Crippen LogP contribution >= 0.6 is 11.6 Å². The molecule has 0 aliphatic carbocycles. The fourth-order valence-corrected chi connectivity index (χ4v) is 1.89. The topological polar surface area (TPSA) is 39.1 Å². The van der Waals surface area contributed by atoms with Gasteiger partial charge in [0.1, 0.15) is 5.75 Å². The van der Waals surface area contributed by atoms with Crippen LogP contribution in [0.3, 0.4) is 0 Å². The predicted octanol–water partition coefficient (Wildman–Crippen LogP) is 3.08. The smallest absolute Gasteiger partial charge is 0.138 e. The summed E-state index contributed by atoms with van der Waals surface area (Å²) in [5.74, 6) is 0.713. The van der Waals surface area contributed by atoms with E-state index in [0.717, 1.165) is 11.4 Å². The normalized spacial score (nSPS) is 10.4. The van der Waals surface area contributed by atoms with Gasteiger partial charge in [0.2, 0.25) is 0 Å². The number of nitrogens with zero attached hydrogens (tertiary/aromatic N) is 2. The Kier molecular flexibility index (Phi) is 4.10.